The zero-order valence-electron chi connectivity index (χ0n) is 8.36. The van der Waals surface area contributed by atoms with E-state index in [1.54, 1.807) is 6.92 Å². The molecule has 0 spiro atoms. The van der Waals surface area contributed by atoms with Crippen LogP contribution in [0.3, 0.4) is 0 Å². The highest BCUT2D eigenvalue weighted by atomic mass is 31.2. The van der Waals surface area contributed by atoms with E-state index in [0.29, 0.717) is 6.42 Å². The zero-order valence-corrected chi connectivity index (χ0v) is 9.25. The first-order valence-electron chi connectivity index (χ1n) is 4.39. The fourth-order valence-electron chi connectivity index (χ4n) is 0.823. The summed E-state index contributed by atoms with van der Waals surface area (Å²) in [6.45, 7) is 3.53. The third-order valence-electron chi connectivity index (χ3n) is 1.62. The second-order valence-corrected chi connectivity index (χ2v) is 4.75. The average molecular weight is 218 g/mol. The second-order valence-electron chi connectivity index (χ2n) is 3.10. The summed E-state index contributed by atoms with van der Waals surface area (Å²) >= 11 is 0. The lowest BCUT2D eigenvalue weighted by Gasteiger charge is -2.07. The molecule has 0 aromatic carbocycles. The molecule has 5 heteroatoms. The van der Waals surface area contributed by atoms with Gasteiger partial charge in [-0.15, -0.1) is 11.8 Å². The molecule has 1 atom stereocenters. The van der Waals surface area contributed by atoms with E-state index < -0.39 is 25.5 Å². The van der Waals surface area contributed by atoms with Crippen LogP contribution in [-0.4, -0.2) is 21.7 Å². The van der Waals surface area contributed by atoms with Gasteiger partial charge in [-0.2, -0.15) is 0 Å². The lowest BCUT2D eigenvalue weighted by Crippen LogP contribution is -2.14. The van der Waals surface area contributed by atoms with Gasteiger partial charge in [0.05, 0.1) is 0 Å². The molecule has 0 aliphatic rings. The number of carbonyl (C=O) groups is 1. The molecule has 0 aliphatic carbocycles. The van der Waals surface area contributed by atoms with Gasteiger partial charge in [-0.3, -0.25) is 9.36 Å². The standard InChI is InChI=1S/C9H15O4P/c1-3-4-5-6-8(2)9(10)7-14(11,12)13/h8H,3,6-7H2,1-2H3,(H2,11,12,13). The Hall–Kier alpha value is -0.620. The molecule has 1 unspecified atom stereocenters. The molecule has 0 radical (unpaired) electrons. The molecule has 0 amide bonds. The van der Waals surface area contributed by atoms with Crippen molar-refractivity contribution in [2.24, 2.45) is 5.92 Å². The minimum Gasteiger partial charge on any atom is -0.324 e. The fourth-order valence-corrected chi connectivity index (χ4v) is 1.54. The summed E-state index contributed by atoms with van der Waals surface area (Å²) in [5, 5.41) is 0. The van der Waals surface area contributed by atoms with Crippen LogP contribution in [0.1, 0.15) is 26.7 Å². The average Bonchev–Trinajstić information content (AvgIpc) is 2.01. The lowest BCUT2D eigenvalue weighted by atomic mass is 10.0. The number of carbonyl (C=O) groups excluding carboxylic acids is 1. The Labute approximate surface area is 83.9 Å². The van der Waals surface area contributed by atoms with Gasteiger partial charge in [0.25, 0.3) is 0 Å². The van der Waals surface area contributed by atoms with E-state index in [9.17, 15) is 9.36 Å². The molecule has 0 rings (SSSR count). The maximum atomic E-state index is 11.2. The molecule has 14 heavy (non-hydrogen) atoms. The topological polar surface area (TPSA) is 74.6 Å². The molecule has 0 saturated heterocycles. The van der Waals surface area contributed by atoms with Gasteiger partial charge in [0.15, 0.2) is 0 Å². The maximum Gasteiger partial charge on any atom is 0.332 e. The molecule has 0 fully saturated rings. The van der Waals surface area contributed by atoms with Gasteiger partial charge in [-0.05, 0) is 0 Å². The first-order valence-corrected chi connectivity index (χ1v) is 6.19. The minimum atomic E-state index is -4.21. The summed E-state index contributed by atoms with van der Waals surface area (Å²) in [7, 11) is -4.21. The first kappa shape index (κ1) is 13.4. The third kappa shape index (κ3) is 6.85. The lowest BCUT2D eigenvalue weighted by molar-refractivity contribution is -0.119. The second kappa shape index (κ2) is 5.98. The van der Waals surface area contributed by atoms with Crippen molar-refractivity contribution in [3.05, 3.63) is 0 Å². The molecular weight excluding hydrogens is 203 g/mol. The van der Waals surface area contributed by atoms with Crippen LogP contribution in [0.2, 0.25) is 0 Å². The Bertz CT molecular complexity index is 294. The van der Waals surface area contributed by atoms with Crippen molar-refractivity contribution in [1.29, 1.82) is 0 Å². The summed E-state index contributed by atoms with van der Waals surface area (Å²) in [5.41, 5.74) is 0. The quantitative estimate of drug-likeness (QED) is 0.548. The molecule has 80 valence electrons. The molecule has 2 N–H and O–H groups in total. The molecule has 0 aromatic rings. The van der Waals surface area contributed by atoms with Gasteiger partial charge in [-0.1, -0.05) is 13.8 Å². The highest BCUT2D eigenvalue weighted by molar-refractivity contribution is 7.52. The van der Waals surface area contributed by atoms with Gasteiger partial charge in [0.2, 0.25) is 0 Å². The van der Waals surface area contributed by atoms with Crippen molar-refractivity contribution in [3.63, 3.8) is 0 Å². The van der Waals surface area contributed by atoms with Crippen LogP contribution < -0.4 is 0 Å². The highest BCUT2D eigenvalue weighted by Crippen LogP contribution is 2.34. The highest BCUT2D eigenvalue weighted by Gasteiger charge is 2.22. The molecule has 0 saturated carbocycles. The van der Waals surface area contributed by atoms with Crippen molar-refractivity contribution in [2.45, 2.75) is 26.7 Å². The van der Waals surface area contributed by atoms with E-state index in [4.69, 9.17) is 9.79 Å². The fraction of sp³-hybridized carbons (Fsp3) is 0.667. The Morgan fingerprint density at radius 2 is 2.00 bits per heavy atom. The minimum absolute atomic E-state index is 0.368. The third-order valence-corrected chi connectivity index (χ3v) is 2.35. The van der Waals surface area contributed by atoms with Crippen LogP contribution in [-0.2, 0) is 9.36 Å². The molecule has 0 aromatic heterocycles. The van der Waals surface area contributed by atoms with Crippen molar-refractivity contribution in [2.75, 3.05) is 6.16 Å². The van der Waals surface area contributed by atoms with E-state index in [1.165, 1.54) is 0 Å². The van der Waals surface area contributed by atoms with Crippen LogP contribution in [0.4, 0.5) is 0 Å². The molecule has 0 bridgehead atoms. The number of rotatable bonds is 4. The van der Waals surface area contributed by atoms with E-state index in [2.05, 4.69) is 11.8 Å². The maximum absolute atomic E-state index is 11.2. The van der Waals surface area contributed by atoms with Crippen molar-refractivity contribution >= 4 is 13.4 Å². The van der Waals surface area contributed by atoms with E-state index in [-0.39, 0.29) is 0 Å². The van der Waals surface area contributed by atoms with E-state index >= 15 is 0 Å². The predicted molar refractivity (Wildman–Crippen MR) is 53.8 cm³/mol. The van der Waals surface area contributed by atoms with Crippen LogP contribution >= 0.6 is 7.60 Å². The molecule has 0 heterocycles. The van der Waals surface area contributed by atoms with Gasteiger partial charge in [0, 0.05) is 18.8 Å². The molecule has 0 aliphatic heterocycles. The first-order chi connectivity index (χ1) is 6.37. The summed E-state index contributed by atoms with van der Waals surface area (Å²) in [6, 6.07) is 0. The van der Waals surface area contributed by atoms with Crippen molar-refractivity contribution in [3.8, 4) is 11.8 Å². The van der Waals surface area contributed by atoms with Gasteiger partial charge < -0.3 is 9.79 Å². The summed E-state index contributed by atoms with van der Waals surface area (Å²) < 4.78 is 10.5. The molecule has 4 nitrogen and oxygen atoms in total. The number of ketones is 1. The number of Topliss-reactive ketones (excluding diaryl/α,β-unsaturated/α-hetero) is 1. The summed E-state index contributed by atoms with van der Waals surface area (Å²) in [5.74, 6) is 4.75. The Balaban J connectivity index is 4.07. The van der Waals surface area contributed by atoms with Crippen LogP contribution in [0.25, 0.3) is 0 Å². The van der Waals surface area contributed by atoms with E-state index in [1.807, 2.05) is 6.92 Å². The van der Waals surface area contributed by atoms with Crippen molar-refractivity contribution in [1.82, 2.24) is 0 Å². The van der Waals surface area contributed by atoms with E-state index in [0.717, 1.165) is 6.42 Å². The Morgan fingerprint density at radius 3 is 2.43 bits per heavy atom. The largest absolute Gasteiger partial charge is 0.332 e. The van der Waals surface area contributed by atoms with Crippen molar-refractivity contribution < 1.29 is 19.1 Å². The van der Waals surface area contributed by atoms with Gasteiger partial charge in [0.1, 0.15) is 11.9 Å². The Kier molecular flexibility index (Phi) is 5.71. The van der Waals surface area contributed by atoms with Gasteiger partial charge in [-0.25, -0.2) is 0 Å². The zero-order chi connectivity index (χ0) is 11.2. The summed E-state index contributed by atoms with van der Waals surface area (Å²) in [6.07, 6.45) is 0.411. The van der Waals surface area contributed by atoms with Gasteiger partial charge >= 0.3 is 7.60 Å². The van der Waals surface area contributed by atoms with Crippen LogP contribution in [0, 0.1) is 17.8 Å². The SMILES string of the molecule is CCC#CCC(C)C(=O)CP(=O)(O)O. The monoisotopic (exact) mass is 218 g/mol. The normalized spacial score (nSPS) is 12.9. The van der Waals surface area contributed by atoms with Crippen LogP contribution in [0.5, 0.6) is 0 Å². The smallest absolute Gasteiger partial charge is 0.324 e. The van der Waals surface area contributed by atoms with Crippen LogP contribution in [0.15, 0.2) is 0 Å². The Morgan fingerprint density at radius 1 is 1.43 bits per heavy atom. The summed E-state index contributed by atoms with van der Waals surface area (Å²) in [4.78, 5) is 28.3. The number of hydrogen-bond donors (Lipinski definition) is 2. The number of hydrogen-bond acceptors (Lipinski definition) is 2. The predicted octanol–water partition coefficient (Wildman–Crippen LogP) is 1.17. The molecular formula is C9H15O4P.